The molecule has 0 amide bonds. The summed E-state index contributed by atoms with van der Waals surface area (Å²) >= 11 is 0. The SMILES string of the molecule is Cc1ccccc1-c1ccc2c(c1)c1ccccc1n2-c1ccc(C#N)c(-c2cc(-c3cc(C(F)(F)F)cc(C(F)(F)F)c3)ccc2-n2c3ccccc3c3cc(-c4ccccc4C)ccc32)c1. The van der Waals surface area contributed by atoms with Crippen LogP contribution in [0.25, 0.3) is 99.5 Å². The summed E-state index contributed by atoms with van der Waals surface area (Å²) in [5.74, 6) is 0. The Morgan fingerprint density at radius 2 is 0.868 bits per heavy atom. The maximum atomic E-state index is 14.3. The molecule has 11 aromatic rings. The van der Waals surface area contributed by atoms with Gasteiger partial charge >= 0.3 is 12.4 Å². The summed E-state index contributed by atoms with van der Waals surface area (Å²) in [4.78, 5) is 0. The minimum atomic E-state index is -5.05. The molecule has 0 spiro atoms. The van der Waals surface area contributed by atoms with E-state index in [0.717, 1.165) is 89.1 Å². The molecule has 0 aliphatic carbocycles. The van der Waals surface area contributed by atoms with Gasteiger partial charge in [-0.25, -0.2) is 0 Å². The molecule has 68 heavy (non-hydrogen) atoms. The Hall–Kier alpha value is -8.35. The van der Waals surface area contributed by atoms with Gasteiger partial charge < -0.3 is 9.13 Å². The van der Waals surface area contributed by atoms with Gasteiger partial charge in [-0.3, -0.25) is 0 Å². The van der Waals surface area contributed by atoms with E-state index in [1.807, 2.05) is 91.0 Å². The quantitative estimate of drug-likeness (QED) is 0.153. The molecule has 11 rings (SSSR count). The van der Waals surface area contributed by atoms with Gasteiger partial charge in [0.1, 0.15) is 0 Å². The first kappa shape index (κ1) is 42.3. The van der Waals surface area contributed by atoms with Crippen LogP contribution in [0.3, 0.4) is 0 Å². The molecule has 0 aliphatic rings. The summed E-state index contributed by atoms with van der Waals surface area (Å²) in [5.41, 5.74) is 9.35. The highest BCUT2D eigenvalue weighted by Gasteiger charge is 2.37. The highest BCUT2D eigenvalue weighted by molar-refractivity contribution is 6.12. The highest BCUT2D eigenvalue weighted by atomic mass is 19.4. The third-order valence-electron chi connectivity index (χ3n) is 13.1. The van der Waals surface area contributed by atoms with E-state index in [4.69, 9.17) is 0 Å². The average molecular weight is 902 g/mol. The maximum Gasteiger partial charge on any atom is 0.416 e. The molecule has 2 heterocycles. The lowest BCUT2D eigenvalue weighted by Crippen LogP contribution is -2.11. The van der Waals surface area contributed by atoms with Crippen molar-refractivity contribution in [3.05, 3.63) is 216 Å². The van der Waals surface area contributed by atoms with Crippen molar-refractivity contribution in [3.63, 3.8) is 0 Å². The van der Waals surface area contributed by atoms with Crippen LogP contribution in [0.2, 0.25) is 0 Å². The Morgan fingerprint density at radius 1 is 0.382 bits per heavy atom. The van der Waals surface area contributed by atoms with Crippen LogP contribution in [0.4, 0.5) is 26.3 Å². The maximum absolute atomic E-state index is 14.3. The summed E-state index contributed by atoms with van der Waals surface area (Å²) in [6, 6.07) is 59.1. The van der Waals surface area contributed by atoms with Gasteiger partial charge in [-0.15, -0.1) is 0 Å². The van der Waals surface area contributed by atoms with Gasteiger partial charge in [0.15, 0.2) is 0 Å². The number of aryl methyl sites for hydroxylation is 2. The van der Waals surface area contributed by atoms with E-state index >= 15 is 0 Å². The van der Waals surface area contributed by atoms with E-state index in [1.54, 1.807) is 24.3 Å². The van der Waals surface area contributed by atoms with Gasteiger partial charge in [-0.05, 0) is 143 Å². The molecule has 0 saturated heterocycles. The molecule has 9 heteroatoms. The molecule has 0 saturated carbocycles. The van der Waals surface area contributed by atoms with Gasteiger partial charge in [-0.1, -0.05) is 103 Å². The van der Waals surface area contributed by atoms with E-state index < -0.39 is 23.5 Å². The largest absolute Gasteiger partial charge is 0.416 e. The van der Waals surface area contributed by atoms with Gasteiger partial charge in [0, 0.05) is 38.4 Å². The van der Waals surface area contributed by atoms with Crippen LogP contribution in [0, 0.1) is 25.2 Å². The number of fused-ring (bicyclic) bond motifs is 6. The molecule has 0 bridgehead atoms. The topological polar surface area (TPSA) is 33.6 Å². The number of benzene rings is 9. The number of hydrogen-bond acceptors (Lipinski definition) is 1. The van der Waals surface area contributed by atoms with Crippen LogP contribution in [0.5, 0.6) is 0 Å². The molecule has 0 N–H and O–H groups in total. The third-order valence-corrected chi connectivity index (χ3v) is 13.1. The number of nitrogens with zero attached hydrogens (tertiary/aromatic N) is 3. The summed E-state index contributed by atoms with van der Waals surface area (Å²) < 4.78 is 90.1. The molecular weight excluding hydrogens is 865 g/mol. The normalized spacial score (nSPS) is 12.1. The predicted molar refractivity (Wildman–Crippen MR) is 261 cm³/mol. The van der Waals surface area contributed by atoms with Gasteiger partial charge in [0.05, 0.1) is 50.5 Å². The highest BCUT2D eigenvalue weighted by Crippen LogP contribution is 2.44. The van der Waals surface area contributed by atoms with E-state index in [-0.39, 0.29) is 22.8 Å². The second-order valence-corrected chi connectivity index (χ2v) is 17.2. The summed E-state index contributed by atoms with van der Waals surface area (Å²) in [5, 5.41) is 14.7. The van der Waals surface area contributed by atoms with Crippen molar-refractivity contribution < 1.29 is 26.3 Å². The number of aromatic nitrogens is 2. The zero-order valence-electron chi connectivity index (χ0n) is 36.5. The number of halogens is 6. The van der Waals surface area contributed by atoms with Crippen LogP contribution in [0.15, 0.2) is 188 Å². The summed E-state index contributed by atoms with van der Waals surface area (Å²) in [6.45, 7) is 4.14. The molecule has 0 fully saturated rings. The molecule has 0 atom stereocenters. The number of nitriles is 1. The van der Waals surface area contributed by atoms with E-state index in [1.165, 1.54) is 0 Å². The van der Waals surface area contributed by atoms with E-state index in [9.17, 15) is 31.6 Å². The lowest BCUT2D eigenvalue weighted by atomic mass is 9.92. The lowest BCUT2D eigenvalue weighted by molar-refractivity contribution is -0.143. The Balaban J connectivity index is 1.19. The molecule has 3 nitrogen and oxygen atoms in total. The van der Waals surface area contributed by atoms with Crippen LogP contribution in [0.1, 0.15) is 27.8 Å². The molecule has 9 aromatic carbocycles. The zero-order chi connectivity index (χ0) is 47.1. The lowest BCUT2D eigenvalue weighted by Gasteiger charge is -2.19. The average Bonchev–Trinajstić information content (AvgIpc) is 3.85. The van der Waals surface area contributed by atoms with E-state index in [2.05, 4.69) is 83.6 Å². The van der Waals surface area contributed by atoms with Crippen molar-refractivity contribution in [2.45, 2.75) is 26.2 Å². The fourth-order valence-corrected chi connectivity index (χ4v) is 9.85. The first-order valence-electron chi connectivity index (χ1n) is 21.9. The van der Waals surface area contributed by atoms with Crippen LogP contribution >= 0.6 is 0 Å². The first-order chi connectivity index (χ1) is 32.8. The Bertz CT molecular complexity index is 3850. The van der Waals surface area contributed by atoms with Gasteiger partial charge in [0.25, 0.3) is 0 Å². The van der Waals surface area contributed by atoms with E-state index in [0.29, 0.717) is 22.5 Å². The van der Waals surface area contributed by atoms with Crippen LogP contribution in [-0.4, -0.2) is 9.13 Å². The standard InChI is InChI=1S/C59H37F6N3/c1-35-11-3-5-13-45(35)38-21-25-55-50(30-38)47-15-7-9-17-53(47)67(55)44-23-19-40(34-66)49(33-44)52-29-37(41-27-42(58(60,61)62)32-43(28-41)59(63,64)65)20-24-57(52)68-54-18-10-8-16-48(54)51-31-39(22-26-56(51)68)46-14-6-4-12-36(46)2/h3-33H,1-2H3. The van der Waals surface area contributed by atoms with Crippen molar-refractivity contribution >= 4 is 43.6 Å². The van der Waals surface area contributed by atoms with Crippen molar-refractivity contribution in [3.8, 4) is 62.0 Å². The van der Waals surface area contributed by atoms with Crippen molar-refractivity contribution in [2.24, 2.45) is 0 Å². The Kier molecular flexibility index (Phi) is 9.90. The number of rotatable bonds is 6. The molecule has 330 valence electrons. The zero-order valence-corrected chi connectivity index (χ0v) is 36.5. The molecule has 0 aliphatic heterocycles. The Labute approximate surface area is 387 Å². The molecule has 0 unspecified atom stereocenters. The summed E-state index contributed by atoms with van der Waals surface area (Å²) in [6.07, 6.45) is -10.1. The van der Waals surface area contributed by atoms with Crippen LogP contribution in [-0.2, 0) is 12.4 Å². The van der Waals surface area contributed by atoms with Crippen molar-refractivity contribution in [1.29, 1.82) is 5.26 Å². The van der Waals surface area contributed by atoms with Crippen LogP contribution < -0.4 is 0 Å². The number of alkyl halides is 6. The predicted octanol–water partition coefficient (Wildman–Crippen LogP) is 17.1. The smallest absolute Gasteiger partial charge is 0.309 e. The monoisotopic (exact) mass is 901 g/mol. The van der Waals surface area contributed by atoms with Gasteiger partial charge in [-0.2, -0.15) is 31.6 Å². The number of para-hydroxylation sites is 2. The fourth-order valence-electron chi connectivity index (χ4n) is 9.85. The van der Waals surface area contributed by atoms with Gasteiger partial charge in [0.2, 0.25) is 0 Å². The Morgan fingerprint density at radius 3 is 1.41 bits per heavy atom. The molecular formula is C59H37F6N3. The second kappa shape index (κ2) is 15.9. The minimum Gasteiger partial charge on any atom is -0.309 e. The molecule has 0 radical (unpaired) electrons. The van der Waals surface area contributed by atoms with Crippen molar-refractivity contribution in [1.82, 2.24) is 9.13 Å². The fraction of sp³-hybridized carbons (Fsp3) is 0.0678. The summed E-state index contributed by atoms with van der Waals surface area (Å²) in [7, 11) is 0. The first-order valence-corrected chi connectivity index (χ1v) is 21.9. The third kappa shape index (κ3) is 7.08. The molecule has 2 aromatic heterocycles. The number of hydrogen-bond donors (Lipinski definition) is 0. The minimum absolute atomic E-state index is 0.109. The van der Waals surface area contributed by atoms with Crippen molar-refractivity contribution in [2.75, 3.05) is 0 Å². The second-order valence-electron chi connectivity index (χ2n) is 17.2.